The van der Waals surface area contributed by atoms with Gasteiger partial charge in [0.15, 0.2) is 0 Å². The van der Waals surface area contributed by atoms with E-state index < -0.39 is 34.5 Å². The van der Waals surface area contributed by atoms with Crippen LogP contribution in [0, 0.1) is 0 Å². The Morgan fingerprint density at radius 3 is 2.46 bits per heavy atom. The third-order valence-corrected chi connectivity index (χ3v) is 8.99. The summed E-state index contributed by atoms with van der Waals surface area (Å²) in [4.78, 5) is 55.0. The molecule has 244 valence electrons. The summed E-state index contributed by atoms with van der Waals surface area (Å²) in [6.07, 6.45) is 0.441. The lowest BCUT2D eigenvalue weighted by Crippen LogP contribution is -2.44. The first-order chi connectivity index (χ1) is 22.1. The third kappa shape index (κ3) is 9.25. The van der Waals surface area contributed by atoms with Crippen molar-refractivity contribution >= 4 is 50.1 Å². The number of fused-ring (bicyclic) bond motifs is 1. The zero-order valence-electron chi connectivity index (χ0n) is 25.4. The zero-order valence-corrected chi connectivity index (χ0v) is 27.0. The molecular formula is C32H35N3O9S2. The zero-order chi connectivity index (χ0) is 33.1. The minimum absolute atomic E-state index is 0.0272. The third-order valence-electron chi connectivity index (χ3n) is 6.71. The number of para-hydroxylation sites is 1. The summed E-state index contributed by atoms with van der Waals surface area (Å²) >= 11 is 1.38. The maximum Gasteiger partial charge on any atom is 0.325 e. The van der Waals surface area contributed by atoms with E-state index in [0.29, 0.717) is 17.3 Å². The van der Waals surface area contributed by atoms with Gasteiger partial charge in [0, 0.05) is 28.4 Å². The van der Waals surface area contributed by atoms with Crippen LogP contribution in [0.4, 0.5) is 0 Å². The minimum Gasteiger partial charge on any atom is -0.493 e. The van der Waals surface area contributed by atoms with Gasteiger partial charge >= 0.3 is 11.9 Å². The molecule has 2 N–H and O–H groups in total. The molecule has 4 rings (SSSR count). The normalized spacial score (nSPS) is 12.0. The highest BCUT2D eigenvalue weighted by Crippen LogP contribution is 2.30. The van der Waals surface area contributed by atoms with Gasteiger partial charge in [0.1, 0.15) is 18.3 Å². The molecule has 0 bridgehead atoms. The molecule has 0 aliphatic rings. The molecule has 2 aromatic heterocycles. The summed E-state index contributed by atoms with van der Waals surface area (Å²) in [6, 6.07) is 15.5. The Balaban J connectivity index is 1.71. The quantitative estimate of drug-likeness (QED) is 0.133. The van der Waals surface area contributed by atoms with Crippen molar-refractivity contribution in [2.45, 2.75) is 44.2 Å². The Bertz CT molecular complexity index is 1820. The van der Waals surface area contributed by atoms with Crippen LogP contribution in [0.15, 0.2) is 81.8 Å². The van der Waals surface area contributed by atoms with Crippen LogP contribution in [0.2, 0.25) is 0 Å². The number of rotatable bonds is 16. The number of benzene rings is 2. The van der Waals surface area contributed by atoms with Gasteiger partial charge in [0.05, 0.1) is 31.3 Å². The standard InChI is InChI=1S/C32H35N3O9S2/c1-3-42-29(37)12-7-17-44-27-11-6-5-10-25(27)31(32(39)35(21-30(38)43-4-2)20-23-9-8-18-45-23)34-46(40,41)24-14-15-26-22(19-24)13-16-28(36)33-26/h5-6,8-11,13-16,18-19,31,34H,3-4,7,12,17,20-21H2,1-2H3,(H,33,36). The van der Waals surface area contributed by atoms with Crippen molar-refractivity contribution in [2.24, 2.45) is 0 Å². The first-order valence-electron chi connectivity index (χ1n) is 14.6. The van der Waals surface area contributed by atoms with E-state index in [1.165, 1.54) is 46.6 Å². The van der Waals surface area contributed by atoms with Crippen LogP contribution in [0.1, 0.15) is 43.2 Å². The minimum atomic E-state index is -4.37. The lowest BCUT2D eigenvalue weighted by molar-refractivity contribution is -0.149. The molecule has 1 amide bonds. The maximum absolute atomic E-state index is 14.4. The summed E-state index contributed by atoms with van der Waals surface area (Å²) in [5, 5.41) is 2.30. The number of aromatic nitrogens is 1. The topological polar surface area (TPSA) is 161 Å². The molecule has 12 nitrogen and oxygen atoms in total. The summed E-state index contributed by atoms with van der Waals surface area (Å²) in [7, 11) is -4.37. The SMILES string of the molecule is CCOC(=O)CCCOc1ccccc1C(NS(=O)(=O)c1ccc2[nH]c(=O)ccc2c1)C(=O)N(CC(=O)OCC)Cc1cccs1. The fourth-order valence-electron chi connectivity index (χ4n) is 4.60. The van der Waals surface area contributed by atoms with Crippen LogP contribution >= 0.6 is 11.3 Å². The summed E-state index contributed by atoms with van der Waals surface area (Å²) in [6.45, 7) is 3.42. The van der Waals surface area contributed by atoms with Gasteiger partial charge in [-0.3, -0.25) is 19.2 Å². The van der Waals surface area contributed by atoms with Crippen LogP contribution < -0.4 is 15.0 Å². The highest BCUT2D eigenvalue weighted by Gasteiger charge is 2.34. The van der Waals surface area contributed by atoms with Gasteiger partial charge in [0.25, 0.3) is 0 Å². The number of sulfonamides is 1. The number of nitrogens with one attached hydrogen (secondary N) is 2. The maximum atomic E-state index is 14.4. The van der Waals surface area contributed by atoms with Crippen molar-refractivity contribution < 1.29 is 37.0 Å². The molecule has 1 unspecified atom stereocenters. The molecule has 14 heteroatoms. The molecule has 2 aromatic carbocycles. The van der Waals surface area contributed by atoms with Crippen LogP contribution in [-0.4, -0.2) is 62.5 Å². The second-order valence-electron chi connectivity index (χ2n) is 10.00. The van der Waals surface area contributed by atoms with E-state index in [4.69, 9.17) is 14.2 Å². The second kappa shape index (κ2) is 16.2. The number of H-pyrrole nitrogens is 1. The van der Waals surface area contributed by atoms with E-state index in [-0.39, 0.29) is 60.5 Å². The van der Waals surface area contributed by atoms with Gasteiger partial charge in [-0.1, -0.05) is 24.3 Å². The average molecular weight is 670 g/mol. The second-order valence-corrected chi connectivity index (χ2v) is 12.7. The molecule has 0 fully saturated rings. The fraction of sp³-hybridized carbons (Fsp3) is 0.312. The lowest BCUT2D eigenvalue weighted by Gasteiger charge is -2.28. The van der Waals surface area contributed by atoms with Crippen LogP contribution in [-0.2, 0) is 40.4 Å². The van der Waals surface area contributed by atoms with Gasteiger partial charge in [-0.05, 0) is 67.4 Å². The van der Waals surface area contributed by atoms with Gasteiger partial charge in [-0.2, -0.15) is 4.72 Å². The Morgan fingerprint density at radius 2 is 1.72 bits per heavy atom. The van der Waals surface area contributed by atoms with E-state index in [1.807, 2.05) is 5.38 Å². The Labute approximate surface area is 270 Å². The molecular weight excluding hydrogens is 634 g/mol. The molecule has 4 aromatic rings. The largest absolute Gasteiger partial charge is 0.493 e. The van der Waals surface area contributed by atoms with E-state index >= 15 is 0 Å². The number of amides is 1. The first kappa shape index (κ1) is 34.3. The first-order valence-corrected chi connectivity index (χ1v) is 17.0. The Hall–Kier alpha value is -4.53. The molecule has 1 atom stereocenters. The number of thiophene rings is 1. The number of hydrogen-bond donors (Lipinski definition) is 2. The monoisotopic (exact) mass is 669 g/mol. The highest BCUT2D eigenvalue weighted by atomic mass is 32.2. The number of nitrogens with zero attached hydrogens (tertiary/aromatic N) is 1. The van der Waals surface area contributed by atoms with Gasteiger partial charge in [-0.15, -0.1) is 11.3 Å². The number of esters is 2. The smallest absolute Gasteiger partial charge is 0.325 e. The number of pyridine rings is 1. The van der Waals surface area contributed by atoms with Crippen LogP contribution in [0.3, 0.4) is 0 Å². The summed E-state index contributed by atoms with van der Waals surface area (Å²) in [5.74, 6) is -1.52. The molecule has 0 radical (unpaired) electrons. The van der Waals surface area contributed by atoms with Crippen molar-refractivity contribution in [1.29, 1.82) is 0 Å². The van der Waals surface area contributed by atoms with Crippen molar-refractivity contribution in [3.8, 4) is 5.75 Å². The number of carbonyl (C=O) groups excluding carboxylic acids is 3. The molecule has 0 saturated heterocycles. The fourth-order valence-corrected chi connectivity index (χ4v) is 6.52. The highest BCUT2D eigenvalue weighted by molar-refractivity contribution is 7.89. The molecule has 46 heavy (non-hydrogen) atoms. The number of carbonyl (C=O) groups is 3. The van der Waals surface area contributed by atoms with E-state index in [9.17, 15) is 27.6 Å². The molecule has 0 aliphatic carbocycles. The molecule has 0 spiro atoms. The predicted octanol–water partition coefficient (Wildman–Crippen LogP) is 3.92. The Morgan fingerprint density at radius 1 is 0.957 bits per heavy atom. The molecule has 0 saturated carbocycles. The number of aromatic amines is 1. The van der Waals surface area contributed by atoms with Crippen LogP contribution in [0.5, 0.6) is 5.75 Å². The number of hydrogen-bond acceptors (Lipinski definition) is 10. The summed E-state index contributed by atoms with van der Waals surface area (Å²) < 4.78 is 46.3. The van der Waals surface area contributed by atoms with Crippen molar-refractivity contribution in [3.63, 3.8) is 0 Å². The lowest BCUT2D eigenvalue weighted by atomic mass is 10.0. The van der Waals surface area contributed by atoms with Crippen molar-refractivity contribution in [1.82, 2.24) is 14.6 Å². The predicted molar refractivity (Wildman–Crippen MR) is 172 cm³/mol. The van der Waals surface area contributed by atoms with Gasteiger partial charge in [0.2, 0.25) is 21.5 Å². The van der Waals surface area contributed by atoms with E-state index in [0.717, 1.165) is 4.88 Å². The van der Waals surface area contributed by atoms with Gasteiger partial charge < -0.3 is 24.1 Å². The van der Waals surface area contributed by atoms with E-state index in [2.05, 4.69) is 9.71 Å². The molecule has 0 aliphatic heterocycles. The Kier molecular flexibility index (Phi) is 12.1. The molecule has 2 heterocycles. The van der Waals surface area contributed by atoms with Crippen molar-refractivity contribution in [2.75, 3.05) is 26.4 Å². The van der Waals surface area contributed by atoms with E-state index in [1.54, 1.807) is 50.2 Å². The van der Waals surface area contributed by atoms with Gasteiger partial charge in [-0.25, -0.2) is 8.42 Å². The number of ether oxygens (including phenoxy) is 3. The van der Waals surface area contributed by atoms with Crippen molar-refractivity contribution in [3.05, 3.63) is 92.9 Å². The summed E-state index contributed by atoms with van der Waals surface area (Å²) in [5.41, 5.74) is 0.313. The average Bonchev–Trinajstić information content (AvgIpc) is 3.55. The van der Waals surface area contributed by atoms with Crippen LogP contribution in [0.25, 0.3) is 10.9 Å².